The van der Waals surface area contributed by atoms with Crippen molar-refractivity contribution in [1.82, 2.24) is 14.8 Å². The van der Waals surface area contributed by atoms with Gasteiger partial charge in [-0.1, -0.05) is 23.9 Å². The molecule has 0 aliphatic rings. The van der Waals surface area contributed by atoms with Crippen LogP contribution in [0.2, 0.25) is 0 Å². The average molecular weight is 464 g/mol. The van der Waals surface area contributed by atoms with Crippen LogP contribution in [-0.4, -0.2) is 26.4 Å². The molecule has 128 valence electrons. The third-order valence-corrected chi connectivity index (χ3v) is 5.16. The van der Waals surface area contributed by atoms with Crippen LogP contribution in [0.5, 0.6) is 0 Å². The minimum atomic E-state index is -0.0670. The standard InChI is InChI=1S/C18H17IN4OS/c1-12-4-3-5-16(10-12)23-13(2)21-22-18(23)25-11-17(24)20-15-8-6-14(19)7-9-15/h3-10H,11H2,1-2H3,(H,20,24). The quantitative estimate of drug-likeness (QED) is 0.454. The number of benzene rings is 2. The number of hydrogen-bond acceptors (Lipinski definition) is 4. The van der Waals surface area contributed by atoms with Gasteiger partial charge in [0.15, 0.2) is 5.16 Å². The average Bonchev–Trinajstić information content (AvgIpc) is 2.96. The molecule has 1 amide bonds. The van der Waals surface area contributed by atoms with E-state index in [-0.39, 0.29) is 11.7 Å². The molecule has 25 heavy (non-hydrogen) atoms. The lowest BCUT2D eigenvalue weighted by Gasteiger charge is -2.09. The minimum absolute atomic E-state index is 0.0670. The van der Waals surface area contributed by atoms with E-state index in [0.29, 0.717) is 5.16 Å². The summed E-state index contributed by atoms with van der Waals surface area (Å²) in [4.78, 5) is 12.2. The van der Waals surface area contributed by atoms with Crippen molar-refractivity contribution in [2.75, 3.05) is 11.1 Å². The first-order valence-corrected chi connectivity index (χ1v) is 9.76. The zero-order chi connectivity index (χ0) is 17.8. The first-order chi connectivity index (χ1) is 12.0. The van der Waals surface area contributed by atoms with Gasteiger partial charge in [0.1, 0.15) is 5.82 Å². The van der Waals surface area contributed by atoms with Crippen molar-refractivity contribution in [2.45, 2.75) is 19.0 Å². The van der Waals surface area contributed by atoms with Gasteiger partial charge in [0.05, 0.1) is 5.75 Å². The molecule has 0 spiro atoms. The van der Waals surface area contributed by atoms with Crippen molar-refractivity contribution in [3.63, 3.8) is 0 Å². The number of aromatic nitrogens is 3. The largest absolute Gasteiger partial charge is 0.325 e. The third-order valence-electron chi connectivity index (χ3n) is 3.52. The molecule has 0 unspecified atom stereocenters. The normalized spacial score (nSPS) is 10.7. The molecule has 0 saturated heterocycles. The molecule has 5 nitrogen and oxygen atoms in total. The number of halogens is 1. The summed E-state index contributed by atoms with van der Waals surface area (Å²) in [5.41, 5.74) is 2.96. The summed E-state index contributed by atoms with van der Waals surface area (Å²) in [6, 6.07) is 15.8. The number of hydrogen-bond donors (Lipinski definition) is 1. The van der Waals surface area contributed by atoms with Crippen LogP contribution in [-0.2, 0) is 4.79 Å². The van der Waals surface area contributed by atoms with Gasteiger partial charge in [-0.2, -0.15) is 0 Å². The Labute approximate surface area is 164 Å². The van der Waals surface area contributed by atoms with Gasteiger partial charge in [-0.15, -0.1) is 10.2 Å². The molecular formula is C18H17IN4OS. The van der Waals surface area contributed by atoms with E-state index in [9.17, 15) is 4.79 Å². The Morgan fingerprint density at radius 3 is 2.64 bits per heavy atom. The molecule has 0 radical (unpaired) electrons. The van der Waals surface area contributed by atoms with Crippen LogP contribution in [0.4, 0.5) is 5.69 Å². The Bertz CT molecular complexity index is 892. The van der Waals surface area contributed by atoms with Gasteiger partial charge in [0.2, 0.25) is 5.91 Å². The Morgan fingerprint density at radius 1 is 1.16 bits per heavy atom. The SMILES string of the molecule is Cc1cccc(-n2c(C)nnc2SCC(=O)Nc2ccc(I)cc2)c1. The summed E-state index contributed by atoms with van der Waals surface area (Å²) in [7, 11) is 0. The molecule has 1 heterocycles. The highest BCUT2D eigenvalue weighted by molar-refractivity contribution is 14.1. The fourth-order valence-corrected chi connectivity index (χ4v) is 3.52. The first-order valence-electron chi connectivity index (χ1n) is 7.70. The number of carbonyl (C=O) groups is 1. The van der Waals surface area contributed by atoms with E-state index in [2.05, 4.69) is 44.2 Å². The number of anilines is 1. The number of amides is 1. The van der Waals surface area contributed by atoms with Crippen LogP contribution < -0.4 is 5.32 Å². The van der Waals surface area contributed by atoms with Gasteiger partial charge >= 0.3 is 0 Å². The Hall–Kier alpha value is -1.87. The van der Waals surface area contributed by atoms with Crippen LogP contribution in [0.15, 0.2) is 53.7 Å². The molecule has 1 aromatic heterocycles. The lowest BCUT2D eigenvalue weighted by molar-refractivity contribution is -0.113. The van der Waals surface area contributed by atoms with Gasteiger partial charge in [0.25, 0.3) is 0 Å². The summed E-state index contributed by atoms with van der Waals surface area (Å²) in [5.74, 6) is 1.00. The topological polar surface area (TPSA) is 59.8 Å². The highest BCUT2D eigenvalue weighted by atomic mass is 127. The van der Waals surface area contributed by atoms with Crippen molar-refractivity contribution in [1.29, 1.82) is 0 Å². The fourth-order valence-electron chi connectivity index (χ4n) is 2.36. The van der Waals surface area contributed by atoms with E-state index < -0.39 is 0 Å². The predicted molar refractivity (Wildman–Crippen MR) is 109 cm³/mol. The van der Waals surface area contributed by atoms with Crippen LogP contribution in [0.3, 0.4) is 0 Å². The summed E-state index contributed by atoms with van der Waals surface area (Å²) < 4.78 is 3.10. The van der Waals surface area contributed by atoms with E-state index in [0.717, 1.165) is 26.3 Å². The second-order valence-corrected chi connectivity index (χ2v) is 7.74. The molecule has 0 bridgehead atoms. The highest BCUT2D eigenvalue weighted by Gasteiger charge is 2.13. The lowest BCUT2D eigenvalue weighted by atomic mass is 10.2. The summed E-state index contributed by atoms with van der Waals surface area (Å²) in [5, 5.41) is 12.0. The maximum absolute atomic E-state index is 12.2. The lowest BCUT2D eigenvalue weighted by Crippen LogP contribution is -2.14. The molecule has 3 aromatic rings. The first kappa shape index (κ1) is 17.9. The van der Waals surface area contributed by atoms with E-state index in [4.69, 9.17) is 0 Å². The zero-order valence-electron chi connectivity index (χ0n) is 13.9. The number of rotatable bonds is 5. The summed E-state index contributed by atoms with van der Waals surface area (Å²) in [6.07, 6.45) is 0. The summed E-state index contributed by atoms with van der Waals surface area (Å²) in [6.45, 7) is 3.95. The maximum atomic E-state index is 12.2. The molecule has 2 aromatic carbocycles. The predicted octanol–water partition coefficient (Wildman–Crippen LogP) is 4.22. The second-order valence-electron chi connectivity index (χ2n) is 5.55. The van der Waals surface area contributed by atoms with E-state index in [1.807, 2.05) is 60.9 Å². The molecule has 0 saturated carbocycles. The zero-order valence-corrected chi connectivity index (χ0v) is 16.8. The Kier molecular flexibility index (Phi) is 5.74. The molecular weight excluding hydrogens is 447 g/mol. The second kappa shape index (κ2) is 8.01. The third kappa shape index (κ3) is 4.60. The Morgan fingerprint density at radius 2 is 1.92 bits per heavy atom. The number of aryl methyl sites for hydroxylation is 2. The number of nitrogens with one attached hydrogen (secondary N) is 1. The smallest absolute Gasteiger partial charge is 0.234 e. The monoisotopic (exact) mass is 464 g/mol. The van der Waals surface area contributed by atoms with E-state index >= 15 is 0 Å². The molecule has 1 N–H and O–H groups in total. The van der Waals surface area contributed by atoms with Crippen LogP contribution in [0, 0.1) is 17.4 Å². The van der Waals surface area contributed by atoms with E-state index in [1.54, 1.807) is 0 Å². The van der Waals surface area contributed by atoms with Gasteiger partial charge in [0, 0.05) is 14.9 Å². The molecule has 0 fully saturated rings. The number of carbonyl (C=O) groups excluding carboxylic acids is 1. The van der Waals surface area contributed by atoms with E-state index in [1.165, 1.54) is 11.8 Å². The van der Waals surface area contributed by atoms with Crippen molar-refractivity contribution >= 4 is 45.9 Å². The minimum Gasteiger partial charge on any atom is -0.325 e. The Balaban J connectivity index is 1.69. The number of nitrogens with zero attached hydrogens (tertiary/aromatic N) is 3. The number of thioether (sulfide) groups is 1. The maximum Gasteiger partial charge on any atom is 0.234 e. The van der Waals surface area contributed by atoms with Gasteiger partial charge in [-0.05, 0) is 78.4 Å². The molecule has 7 heteroatoms. The van der Waals surface area contributed by atoms with Crippen molar-refractivity contribution in [3.05, 3.63) is 63.5 Å². The highest BCUT2D eigenvalue weighted by Crippen LogP contribution is 2.22. The van der Waals surface area contributed by atoms with Crippen molar-refractivity contribution in [3.8, 4) is 5.69 Å². The van der Waals surface area contributed by atoms with Crippen LogP contribution >= 0.6 is 34.4 Å². The van der Waals surface area contributed by atoms with Gasteiger partial charge in [-0.25, -0.2) is 0 Å². The van der Waals surface area contributed by atoms with Gasteiger partial charge < -0.3 is 5.32 Å². The molecule has 0 atom stereocenters. The van der Waals surface area contributed by atoms with Crippen LogP contribution in [0.25, 0.3) is 5.69 Å². The van der Waals surface area contributed by atoms with Crippen molar-refractivity contribution in [2.24, 2.45) is 0 Å². The molecule has 0 aliphatic heterocycles. The van der Waals surface area contributed by atoms with Crippen molar-refractivity contribution < 1.29 is 4.79 Å². The fraction of sp³-hybridized carbons (Fsp3) is 0.167. The van der Waals surface area contributed by atoms with Gasteiger partial charge in [-0.3, -0.25) is 9.36 Å². The molecule has 3 rings (SSSR count). The molecule has 0 aliphatic carbocycles. The van der Waals surface area contributed by atoms with Crippen LogP contribution in [0.1, 0.15) is 11.4 Å². The summed E-state index contributed by atoms with van der Waals surface area (Å²) >= 11 is 3.61.